The van der Waals surface area contributed by atoms with Gasteiger partial charge in [-0.3, -0.25) is 9.69 Å². The molecule has 19 heavy (non-hydrogen) atoms. The van der Waals surface area contributed by atoms with Gasteiger partial charge in [-0.2, -0.15) is 0 Å². The molecular formula is C15H29N3O. The molecule has 0 aromatic heterocycles. The molecule has 0 bridgehead atoms. The van der Waals surface area contributed by atoms with E-state index in [0.29, 0.717) is 24.4 Å². The Labute approximate surface area is 117 Å². The maximum Gasteiger partial charge on any atom is 0.223 e. The summed E-state index contributed by atoms with van der Waals surface area (Å²) in [7, 11) is 0. The number of nitrogens with zero attached hydrogens (tertiary/aromatic N) is 2. The Morgan fingerprint density at radius 2 is 1.89 bits per heavy atom. The summed E-state index contributed by atoms with van der Waals surface area (Å²) in [6.45, 7) is 6.10. The topological polar surface area (TPSA) is 49.6 Å². The minimum atomic E-state index is 0.301. The summed E-state index contributed by atoms with van der Waals surface area (Å²) < 4.78 is 0. The molecule has 4 nitrogen and oxygen atoms in total. The van der Waals surface area contributed by atoms with Crippen LogP contribution in [0.3, 0.4) is 0 Å². The van der Waals surface area contributed by atoms with E-state index in [4.69, 9.17) is 5.73 Å². The van der Waals surface area contributed by atoms with Crippen molar-refractivity contribution in [3.05, 3.63) is 0 Å². The zero-order chi connectivity index (χ0) is 13.7. The first kappa shape index (κ1) is 14.8. The number of likely N-dealkylation sites (tertiary alicyclic amines) is 2. The molecule has 2 saturated heterocycles. The van der Waals surface area contributed by atoms with E-state index in [-0.39, 0.29) is 0 Å². The number of amides is 1. The van der Waals surface area contributed by atoms with Crippen LogP contribution < -0.4 is 5.73 Å². The van der Waals surface area contributed by atoms with Gasteiger partial charge in [-0.05, 0) is 38.6 Å². The second-order valence-electron chi connectivity index (χ2n) is 6.06. The highest BCUT2D eigenvalue weighted by molar-refractivity contribution is 5.76. The zero-order valence-electron chi connectivity index (χ0n) is 12.3. The van der Waals surface area contributed by atoms with Gasteiger partial charge in [0.25, 0.3) is 0 Å². The van der Waals surface area contributed by atoms with Crippen LogP contribution in [0.15, 0.2) is 0 Å². The number of hydrogen-bond donors (Lipinski definition) is 1. The number of hydrogen-bond acceptors (Lipinski definition) is 3. The van der Waals surface area contributed by atoms with Crippen molar-refractivity contribution >= 4 is 5.91 Å². The second kappa shape index (κ2) is 7.25. The lowest BCUT2D eigenvalue weighted by Gasteiger charge is -2.36. The molecule has 1 atom stereocenters. The van der Waals surface area contributed by atoms with Crippen LogP contribution in [0, 0.1) is 0 Å². The molecule has 0 aliphatic carbocycles. The van der Waals surface area contributed by atoms with Crippen LogP contribution in [0.2, 0.25) is 0 Å². The van der Waals surface area contributed by atoms with Crippen molar-refractivity contribution in [1.82, 2.24) is 9.80 Å². The largest absolute Gasteiger partial charge is 0.343 e. The predicted molar refractivity (Wildman–Crippen MR) is 77.9 cm³/mol. The molecule has 0 radical (unpaired) electrons. The number of carbonyl (C=O) groups excluding carboxylic acids is 1. The molecule has 2 N–H and O–H groups in total. The lowest BCUT2D eigenvalue weighted by Crippen LogP contribution is -2.45. The minimum Gasteiger partial charge on any atom is -0.343 e. The number of nitrogens with two attached hydrogens (primary N) is 1. The lowest BCUT2D eigenvalue weighted by atomic mass is 9.99. The molecule has 2 aliphatic rings. The summed E-state index contributed by atoms with van der Waals surface area (Å²) in [5, 5.41) is 0. The molecule has 4 heteroatoms. The van der Waals surface area contributed by atoms with Gasteiger partial charge in [0.15, 0.2) is 0 Å². The molecule has 2 heterocycles. The molecule has 1 unspecified atom stereocenters. The van der Waals surface area contributed by atoms with Crippen LogP contribution in [0.5, 0.6) is 0 Å². The third kappa shape index (κ3) is 4.18. The Balaban J connectivity index is 1.73. The maximum atomic E-state index is 12.2. The van der Waals surface area contributed by atoms with E-state index in [1.165, 1.54) is 32.2 Å². The monoisotopic (exact) mass is 267 g/mol. The minimum absolute atomic E-state index is 0.301. The highest BCUT2D eigenvalue weighted by Gasteiger charge is 2.24. The van der Waals surface area contributed by atoms with Crippen molar-refractivity contribution in [2.75, 3.05) is 26.2 Å². The van der Waals surface area contributed by atoms with Crippen molar-refractivity contribution in [3.8, 4) is 0 Å². The summed E-state index contributed by atoms with van der Waals surface area (Å²) in [6, 6.07) is 1.01. The van der Waals surface area contributed by atoms with Crippen LogP contribution in [-0.2, 0) is 4.79 Å². The highest BCUT2D eigenvalue weighted by Crippen LogP contribution is 2.20. The molecule has 0 aromatic rings. The fourth-order valence-corrected chi connectivity index (χ4v) is 3.36. The average molecular weight is 267 g/mol. The Kier molecular flexibility index (Phi) is 5.64. The van der Waals surface area contributed by atoms with Gasteiger partial charge in [0.1, 0.15) is 0 Å². The van der Waals surface area contributed by atoms with E-state index >= 15 is 0 Å². The van der Waals surface area contributed by atoms with Crippen molar-refractivity contribution in [2.24, 2.45) is 5.73 Å². The van der Waals surface area contributed by atoms with Gasteiger partial charge in [-0.25, -0.2) is 0 Å². The number of rotatable bonds is 4. The summed E-state index contributed by atoms with van der Waals surface area (Å²) in [6.07, 6.45) is 7.79. The van der Waals surface area contributed by atoms with Gasteiger partial charge in [0.05, 0.1) is 0 Å². The van der Waals surface area contributed by atoms with Crippen molar-refractivity contribution in [3.63, 3.8) is 0 Å². The quantitative estimate of drug-likeness (QED) is 0.841. The molecule has 2 rings (SSSR count). The molecule has 2 aliphatic heterocycles. The summed E-state index contributed by atoms with van der Waals surface area (Å²) >= 11 is 0. The Morgan fingerprint density at radius 1 is 1.16 bits per heavy atom. The fraction of sp³-hybridized carbons (Fsp3) is 0.933. The molecule has 0 aromatic carbocycles. The Hall–Kier alpha value is -0.610. The standard InChI is InChI=1S/C15H29N3O/c1-2-14-5-3-4-9-17(14)12-8-15(19)18-10-6-13(16)7-11-18/h13-14H,2-12,16H2,1H3. The zero-order valence-corrected chi connectivity index (χ0v) is 12.3. The molecule has 0 saturated carbocycles. The van der Waals surface area contributed by atoms with E-state index in [0.717, 1.165) is 32.5 Å². The fourth-order valence-electron chi connectivity index (χ4n) is 3.36. The summed E-state index contributed by atoms with van der Waals surface area (Å²) in [4.78, 5) is 16.7. The highest BCUT2D eigenvalue weighted by atomic mass is 16.2. The van der Waals surface area contributed by atoms with E-state index in [9.17, 15) is 4.79 Å². The van der Waals surface area contributed by atoms with Crippen molar-refractivity contribution < 1.29 is 4.79 Å². The first-order chi connectivity index (χ1) is 9.20. The Morgan fingerprint density at radius 3 is 2.58 bits per heavy atom. The van der Waals surface area contributed by atoms with Gasteiger partial charge in [0.2, 0.25) is 5.91 Å². The third-order valence-electron chi connectivity index (χ3n) is 4.73. The maximum absolute atomic E-state index is 12.2. The normalized spacial score (nSPS) is 26.6. The van der Waals surface area contributed by atoms with Gasteiger partial charge in [0, 0.05) is 38.1 Å². The third-order valence-corrected chi connectivity index (χ3v) is 4.73. The lowest BCUT2D eigenvalue weighted by molar-refractivity contribution is -0.132. The van der Waals surface area contributed by atoms with E-state index in [1.807, 2.05) is 4.90 Å². The first-order valence-electron chi connectivity index (χ1n) is 7.98. The first-order valence-corrected chi connectivity index (χ1v) is 7.98. The summed E-state index contributed by atoms with van der Waals surface area (Å²) in [5.74, 6) is 0.326. The Bertz CT molecular complexity index is 287. The number of piperidine rings is 2. The van der Waals surface area contributed by atoms with Crippen molar-refractivity contribution in [1.29, 1.82) is 0 Å². The van der Waals surface area contributed by atoms with Gasteiger partial charge in [-0.1, -0.05) is 13.3 Å². The van der Waals surface area contributed by atoms with Gasteiger partial charge < -0.3 is 10.6 Å². The average Bonchev–Trinajstić information content (AvgIpc) is 2.45. The molecule has 1 amide bonds. The summed E-state index contributed by atoms with van der Waals surface area (Å²) in [5.41, 5.74) is 5.88. The predicted octanol–water partition coefficient (Wildman–Crippen LogP) is 1.59. The van der Waals surface area contributed by atoms with E-state index < -0.39 is 0 Å². The second-order valence-corrected chi connectivity index (χ2v) is 6.06. The molecule has 110 valence electrons. The molecule has 0 spiro atoms. The van der Waals surface area contributed by atoms with E-state index in [1.54, 1.807) is 0 Å². The SMILES string of the molecule is CCC1CCCCN1CCC(=O)N1CCC(N)CC1. The van der Waals surface area contributed by atoms with E-state index in [2.05, 4.69) is 11.8 Å². The van der Waals surface area contributed by atoms with Crippen LogP contribution in [-0.4, -0.2) is 54.0 Å². The van der Waals surface area contributed by atoms with Crippen LogP contribution in [0.25, 0.3) is 0 Å². The van der Waals surface area contributed by atoms with Gasteiger partial charge >= 0.3 is 0 Å². The molecular weight excluding hydrogens is 238 g/mol. The van der Waals surface area contributed by atoms with Crippen LogP contribution >= 0.6 is 0 Å². The van der Waals surface area contributed by atoms with Gasteiger partial charge in [-0.15, -0.1) is 0 Å². The number of carbonyl (C=O) groups is 1. The van der Waals surface area contributed by atoms with Crippen LogP contribution in [0.1, 0.15) is 51.9 Å². The smallest absolute Gasteiger partial charge is 0.223 e. The van der Waals surface area contributed by atoms with Crippen molar-refractivity contribution in [2.45, 2.75) is 64.0 Å². The molecule has 2 fully saturated rings. The van der Waals surface area contributed by atoms with Crippen LogP contribution in [0.4, 0.5) is 0 Å².